The summed E-state index contributed by atoms with van der Waals surface area (Å²) in [5, 5.41) is 14.8. The normalized spacial score (nSPS) is 22.5. The molecule has 0 bridgehead atoms. The van der Waals surface area contributed by atoms with Gasteiger partial charge in [0, 0.05) is 19.6 Å². The van der Waals surface area contributed by atoms with Crippen LogP contribution in [0.15, 0.2) is 11.3 Å². The first-order valence-corrected chi connectivity index (χ1v) is 7.56. The van der Waals surface area contributed by atoms with Crippen LogP contribution in [0.4, 0.5) is 0 Å². The standard InChI is InChI=1S/C14H26N6.HI/c1-4-15-14(16-9-13-19-17-10-20(13)3)18-12-7-5-11(2)6-8-12;/h10-12H,4-9H2,1-3H3,(H2,15,16,18);1H. The lowest BCUT2D eigenvalue weighted by atomic mass is 9.87. The van der Waals surface area contributed by atoms with Crippen molar-refractivity contribution in [1.82, 2.24) is 25.4 Å². The average molecular weight is 406 g/mol. The maximum absolute atomic E-state index is 4.60. The van der Waals surface area contributed by atoms with Gasteiger partial charge in [0.15, 0.2) is 11.8 Å². The summed E-state index contributed by atoms with van der Waals surface area (Å²) in [6, 6.07) is 0.545. The van der Waals surface area contributed by atoms with Crippen LogP contribution >= 0.6 is 24.0 Å². The third kappa shape index (κ3) is 5.80. The fraction of sp³-hybridized carbons (Fsp3) is 0.786. The van der Waals surface area contributed by atoms with Gasteiger partial charge in [-0.05, 0) is 38.5 Å². The van der Waals surface area contributed by atoms with Gasteiger partial charge in [-0.15, -0.1) is 34.2 Å². The maximum atomic E-state index is 4.60. The van der Waals surface area contributed by atoms with E-state index in [0.29, 0.717) is 12.6 Å². The van der Waals surface area contributed by atoms with Gasteiger partial charge in [-0.25, -0.2) is 4.99 Å². The molecule has 1 aliphatic rings. The molecule has 0 amide bonds. The summed E-state index contributed by atoms with van der Waals surface area (Å²) in [6.07, 6.45) is 6.78. The molecule has 0 spiro atoms. The molecule has 21 heavy (non-hydrogen) atoms. The van der Waals surface area contributed by atoms with Crippen LogP contribution in [-0.2, 0) is 13.6 Å². The molecule has 6 nitrogen and oxygen atoms in total. The van der Waals surface area contributed by atoms with Gasteiger partial charge in [-0.2, -0.15) is 0 Å². The van der Waals surface area contributed by atoms with E-state index in [2.05, 4.69) is 39.7 Å². The van der Waals surface area contributed by atoms with Gasteiger partial charge in [0.25, 0.3) is 0 Å². The first-order chi connectivity index (χ1) is 9.69. The summed E-state index contributed by atoms with van der Waals surface area (Å²) in [6.45, 7) is 5.84. The number of halogens is 1. The molecule has 0 aliphatic heterocycles. The molecule has 1 heterocycles. The predicted octanol–water partition coefficient (Wildman–Crippen LogP) is 2.07. The Hall–Kier alpha value is -0.860. The summed E-state index contributed by atoms with van der Waals surface area (Å²) in [5.74, 6) is 2.63. The average Bonchev–Trinajstić information content (AvgIpc) is 2.84. The zero-order chi connectivity index (χ0) is 14.4. The number of rotatable bonds is 4. The molecule has 1 aromatic rings. The van der Waals surface area contributed by atoms with Crippen molar-refractivity contribution in [3.63, 3.8) is 0 Å². The van der Waals surface area contributed by atoms with E-state index in [0.717, 1.165) is 24.2 Å². The van der Waals surface area contributed by atoms with Crippen molar-refractivity contribution in [3.05, 3.63) is 12.2 Å². The van der Waals surface area contributed by atoms with Crippen molar-refractivity contribution >= 4 is 29.9 Å². The third-order valence-electron chi connectivity index (χ3n) is 3.88. The minimum absolute atomic E-state index is 0. The molecule has 1 aliphatic carbocycles. The maximum Gasteiger partial charge on any atom is 0.191 e. The fourth-order valence-electron chi connectivity index (χ4n) is 2.52. The van der Waals surface area contributed by atoms with Crippen LogP contribution in [0.1, 0.15) is 45.4 Å². The van der Waals surface area contributed by atoms with E-state index in [9.17, 15) is 0 Å². The second kappa shape index (κ2) is 9.22. The topological polar surface area (TPSA) is 67.1 Å². The summed E-state index contributed by atoms with van der Waals surface area (Å²) in [7, 11) is 1.94. The van der Waals surface area contributed by atoms with E-state index in [1.54, 1.807) is 6.33 Å². The molecular weight excluding hydrogens is 379 g/mol. The van der Waals surface area contributed by atoms with E-state index in [4.69, 9.17) is 0 Å². The van der Waals surface area contributed by atoms with Crippen LogP contribution in [0.3, 0.4) is 0 Å². The number of aromatic nitrogens is 3. The molecule has 0 atom stereocenters. The summed E-state index contributed by atoms with van der Waals surface area (Å²) < 4.78 is 1.90. The van der Waals surface area contributed by atoms with Crippen molar-refractivity contribution in [2.24, 2.45) is 18.0 Å². The van der Waals surface area contributed by atoms with Crippen molar-refractivity contribution in [2.45, 2.75) is 52.1 Å². The largest absolute Gasteiger partial charge is 0.357 e. The lowest BCUT2D eigenvalue weighted by molar-refractivity contribution is 0.329. The third-order valence-corrected chi connectivity index (χ3v) is 3.88. The fourth-order valence-corrected chi connectivity index (χ4v) is 2.52. The number of aliphatic imine (C=N–C) groups is 1. The second-order valence-corrected chi connectivity index (χ2v) is 5.65. The van der Waals surface area contributed by atoms with Crippen LogP contribution in [0.2, 0.25) is 0 Å². The molecule has 0 unspecified atom stereocenters. The van der Waals surface area contributed by atoms with E-state index in [1.165, 1.54) is 25.7 Å². The summed E-state index contributed by atoms with van der Waals surface area (Å²) in [5.41, 5.74) is 0. The minimum atomic E-state index is 0. The Balaban J connectivity index is 0.00000220. The number of hydrogen-bond acceptors (Lipinski definition) is 3. The van der Waals surface area contributed by atoms with Crippen LogP contribution in [0.25, 0.3) is 0 Å². The Morgan fingerprint density at radius 2 is 2.10 bits per heavy atom. The molecule has 2 rings (SSSR count). The molecular formula is C14H27IN6. The number of nitrogens with one attached hydrogen (secondary N) is 2. The van der Waals surface area contributed by atoms with Gasteiger partial charge in [0.2, 0.25) is 0 Å². The van der Waals surface area contributed by atoms with Gasteiger partial charge in [-0.3, -0.25) is 0 Å². The summed E-state index contributed by atoms with van der Waals surface area (Å²) >= 11 is 0. The Kier molecular flexibility index (Phi) is 7.98. The van der Waals surface area contributed by atoms with Crippen LogP contribution in [0, 0.1) is 5.92 Å². The van der Waals surface area contributed by atoms with Crippen LogP contribution in [0.5, 0.6) is 0 Å². The van der Waals surface area contributed by atoms with Gasteiger partial charge in [0.1, 0.15) is 12.9 Å². The van der Waals surface area contributed by atoms with Crippen LogP contribution in [-0.4, -0.2) is 33.3 Å². The zero-order valence-corrected chi connectivity index (χ0v) is 15.5. The molecule has 0 radical (unpaired) electrons. The van der Waals surface area contributed by atoms with E-state index >= 15 is 0 Å². The minimum Gasteiger partial charge on any atom is -0.357 e. The number of guanidine groups is 1. The lowest BCUT2D eigenvalue weighted by Gasteiger charge is -2.28. The number of nitrogens with zero attached hydrogens (tertiary/aromatic N) is 4. The van der Waals surface area contributed by atoms with Gasteiger partial charge >= 0.3 is 0 Å². The Bertz CT molecular complexity index is 436. The molecule has 1 saturated carbocycles. The van der Waals surface area contributed by atoms with E-state index in [-0.39, 0.29) is 24.0 Å². The SMILES string of the molecule is CCNC(=NCc1nncn1C)NC1CCC(C)CC1.I. The monoisotopic (exact) mass is 406 g/mol. The van der Waals surface area contributed by atoms with Gasteiger partial charge in [0.05, 0.1) is 0 Å². The summed E-state index contributed by atoms with van der Waals surface area (Å²) in [4.78, 5) is 4.60. The zero-order valence-electron chi connectivity index (χ0n) is 13.2. The van der Waals surface area contributed by atoms with Crippen molar-refractivity contribution in [3.8, 4) is 0 Å². The Morgan fingerprint density at radius 3 is 2.67 bits per heavy atom. The second-order valence-electron chi connectivity index (χ2n) is 5.65. The van der Waals surface area contributed by atoms with Crippen molar-refractivity contribution < 1.29 is 0 Å². The molecule has 120 valence electrons. The lowest BCUT2D eigenvalue weighted by Crippen LogP contribution is -2.44. The Morgan fingerprint density at radius 1 is 1.38 bits per heavy atom. The van der Waals surface area contributed by atoms with Crippen molar-refractivity contribution in [2.75, 3.05) is 6.54 Å². The highest BCUT2D eigenvalue weighted by molar-refractivity contribution is 14.0. The van der Waals surface area contributed by atoms with Gasteiger partial charge in [-0.1, -0.05) is 6.92 Å². The van der Waals surface area contributed by atoms with Crippen LogP contribution < -0.4 is 10.6 Å². The molecule has 0 saturated heterocycles. The molecule has 1 aromatic heterocycles. The highest BCUT2D eigenvalue weighted by Gasteiger charge is 2.18. The van der Waals surface area contributed by atoms with Gasteiger partial charge < -0.3 is 15.2 Å². The highest BCUT2D eigenvalue weighted by atomic mass is 127. The number of aryl methyl sites for hydroxylation is 1. The first-order valence-electron chi connectivity index (χ1n) is 7.56. The molecule has 1 fully saturated rings. The molecule has 0 aromatic carbocycles. The number of hydrogen-bond donors (Lipinski definition) is 2. The Labute approximate surface area is 144 Å². The molecule has 7 heteroatoms. The smallest absolute Gasteiger partial charge is 0.191 e. The first kappa shape index (κ1) is 18.2. The molecule has 2 N–H and O–H groups in total. The van der Waals surface area contributed by atoms with E-state index < -0.39 is 0 Å². The highest BCUT2D eigenvalue weighted by Crippen LogP contribution is 2.23. The van der Waals surface area contributed by atoms with Crippen molar-refractivity contribution in [1.29, 1.82) is 0 Å². The van der Waals surface area contributed by atoms with E-state index in [1.807, 2.05) is 11.6 Å². The quantitative estimate of drug-likeness (QED) is 0.457. The predicted molar refractivity (Wildman–Crippen MR) is 95.8 cm³/mol.